The van der Waals surface area contributed by atoms with Crippen molar-refractivity contribution in [2.75, 3.05) is 18.0 Å². The van der Waals surface area contributed by atoms with E-state index in [1.54, 1.807) is 6.21 Å². The predicted molar refractivity (Wildman–Crippen MR) is 105 cm³/mol. The number of carbonyl (C=O) groups is 2. The SMILES string of the molecule is NC(=O)c1ccnc(N2CCC(C(=O)N3N=CC[C@H]3c3cc(F)ccc3F)CC2)n1. The highest BCUT2D eigenvalue weighted by Crippen LogP contribution is 2.33. The molecule has 2 aliphatic rings. The molecule has 30 heavy (non-hydrogen) atoms. The number of rotatable bonds is 4. The molecule has 0 unspecified atom stereocenters. The zero-order valence-corrected chi connectivity index (χ0v) is 16.0. The van der Waals surface area contributed by atoms with Crippen molar-refractivity contribution in [3.8, 4) is 0 Å². The molecule has 2 N–H and O–H groups in total. The number of anilines is 1. The van der Waals surface area contributed by atoms with Gasteiger partial charge in [-0.15, -0.1) is 0 Å². The van der Waals surface area contributed by atoms with Crippen molar-refractivity contribution in [1.82, 2.24) is 15.0 Å². The molecular formula is C20H20F2N6O2. The van der Waals surface area contributed by atoms with Crippen LogP contribution < -0.4 is 10.6 Å². The molecule has 1 atom stereocenters. The summed E-state index contributed by atoms with van der Waals surface area (Å²) in [6.45, 7) is 1.02. The smallest absolute Gasteiger partial charge is 0.267 e. The van der Waals surface area contributed by atoms with E-state index in [4.69, 9.17) is 5.73 Å². The number of aromatic nitrogens is 2. The second kappa shape index (κ2) is 8.13. The average molecular weight is 414 g/mol. The Morgan fingerprint density at radius 2 is 1.90 bits per heavy atom. The highest BCUT2D eigenvalue weighted by Gasteiger charge is 2.36. The van der Waals surface area contributed by atoms with Crippen LogP contribution in [0.2, 0.25) is 0 Å². The molecule has 1 saturated heterocycles. The van der Waals surface area contributed by atoms with Crippen molar-refractivity contribution in [3.63, 3.8) is 0 Å². The second-order valence-electron chi connectivity index (χ2n) is 7.27. The Labute approximate surface area is 171 Å². The number of halogens is 2. The van der Waals surface area contributed by atoms with E-state index in [0.29, 0.717) is 38.3 Å². The third-order valence-corrected chi connectivity index (χ3v) is 5.40. The largest absolute Gasteiger partial charge is 0.364 e. The third kappa shape index (κ3) is 3.85. The van der Waals surface area contributed by atoms with E-state index in [-0.39, 0.29) is 23.1 Å². The molecule has 1 fully saturated rings. The molecule has 8 nitrogen and oxygen atoms in total. The van der Waals surface area contributed by atoms with Gasteiger partial charge < -0.3 is 10.6 Å². The van der Waals surface area contributed by atoms with Crippen LogP contribution in [-0.4, -0.2) is 46.1 Å². The van der Waals surface area contributed by atoms with Gasteiger partial charge in [0.15, 0.2) is 0 Å². The summed E-state index contributed by atoms with van der Waals surface area (Å²) in [4.78, 5) is 34.6. The van der Waals surface area contributed by atoms with Gasteiger partial charge in [-0.1, -0.05) is 0 Å². The van der Waals surface area contributed by atoms with Gasteiger partial charge in [0.1, 0.15) is 17.3 Å². The lowest BCUT2D eigenvalue weighted by molar-refractivity contribution is -0.138. The van der Waals surface area contributed by atoms with Crippen molar-refractivity contribution in [1.29, 1.82) is 0 Å². The highest BCUT2D eigenvalue weighted by atomic mass is 19.1. The van der Waals surface area contributed by atoms with Crippen molar-refractivity contribution >= 4 is 24.0 Å². The molecule has 156 valence electrons. The molecule has 2 aromatic rings. The molecule has 1 aromatic carbocycles. The minimum atomic E-state index is -0.651. The fourth-order valence-electron chi connectivity index (χ4n) is 3.81. The van der Waals surface area contributed by atoms with E-state index in [2.05, 4.69) is 15.1 Å². The Hall–Kier alpha value is -3.43. The van der Waals surface area contributed by atoms with Crippen molar-refractivity contribution in [2.45, 2.75) is 25.3 Å². The summed E-state index contributed by atoms with van der Waals surface area (Å²) in [6, 6.07) is 4.01. The minimum Gasteiger partial charge on any atom is -0.364 e. The fraction of sp³-hybridized carbons (Fsp3) is 0.350. The summed E-state index contributed by atoms with van der Waals surface area (Å²) in [5.41, 5.74) is 5.51. The van der Waals surface area contributed by atoms with E-state index < -0.39 is 23.6 Å². The first-order valence-electron chi connectivity index (χ1n) is 9.62. The number of nitrogens with zero attached hydrogens (tertiary/aromatic N) is 5. The maximum atomic E-state index is 14.2. The lowest BCUT2D eigenvalue weighted by atomic mass is 9.94. The topological polar surface area (TPSA) is 105 Å². The van der Waals surface area contributed by atoms with E-state index in [0.717, 1.165) is 18.2 Å². The van der Waals surface area contributed by atoms with Crippen molar-refractivity contribution in [2.24, 2.45) is 16.8 Å². The number of primary amides is 1. The Morgan fingerprint density at radius 1 is 1.13 bits per heavy atom. The second-order valence-corrected chi connectivity index (χ2v) is 7.27. The van der Waals surface area contributed by atoms with E-state index in [1.165, 1.54) is 17.3 Å². The van der Waals surface area contributed by atoms with Gasteiger partial charge in [-0.05, 0) is 37.1 Å². The third-order valence-electron chi connectivity index (χ3n) is 5.40. The molecule has 0 radical (unpaired) electrons. The maximum Gasteiger partial charge on any atom is 0.267 e. The van der Waals surface area contributed by atoms with Gasteiger partial charge in [0, 0.05) is 43.4 Å². The van der Waals surface area contributed by atoms with Crippen LogP contribution in [0.4, 0.5) is 14.7 Å². The number of benzene rings is 1. The molecule has 1 aromatic heterocycles. The van der Waals surface area contributed by atoms with E-state index in [1.807, 2.05) is 4.90 Å². The Morgan fingerprint density at radius 3 is 2.63 bits per heavy atom. The standard InChI is InChI=1S/C20H20F2N6O2/c21-13-1-2-15(22)14(11-13)17-4-8-25-28(17)19(30)12-5-9-27(10-6-12)20-24-7-3-16(26-20)18(23)29/h1-3,7-8,11-12,17H,4-6,9-10H2,(H2,23,29)/t17-/m0/s1. The number of piperidine rings is 1. The van der Waals surface area contributed by atoms with Crippen LogP contribution in [0.15, 0.2) is 35.6 Å². The number of amides is 2. The number of carbonyl (C=O) groups excluding carboxylic acids is 2. The lowest BCUT2D eigenvalue weighted by Gasteiger charge is -2.33. The van der Waals surface area contributed by atoms with Crippen molar-refractivity contribution < 1.29 is 18.4 Å². The summed E-state index contributed by atoms with van der Waals surface area (Å²) in [5.74, 6) is -1.90. The van der Waals surface area contributed by atoms with Gasteiger partial charge in [-0.2, -0.15) is 5.10 Å². The normalized spacial score (nSPS) is 19.3. The van der Waals surface area contributed by atoms with Gasteiger partial charge in [0.25, 0.3) is 5.91 Å². The van der Waals surface area contributed by atoms with Gasteiger partial charge in [-0.25, -0.2) is 23.8 Å². The molecule has 0 bridgehead atoms. The van der Waals surface area contributed by atoms with Crippen LogP contribution >= 0.6 is 0 Å². The molecule has 2 amide bonds. The molecule has 4 rings (SSSR count). The Kier molecular flexibility index (Phi) is 5.39. The van der Waals surface area contributed by atoms with E-state index >= 15 is 0 Å². The van der Waals surface area contributed by atoms with Crippen molar-refractivity contribution in [3.05, 3.63) is 53.4 Å². The van der Waals surface area contributed by atoms with Gasteiger partial charge in [-0.3, -0.25) is 9.59 Å². The molecule has 0 spiro atoms. The first-order valence-corrected chi connectivity index (χ1v) is 9.62. The predicted octanol–water partition coefficient (Wildman–Crippen LogP) is 2.03. The van der Waals surface area contributed by atoms with E-state index in [9.17, 15) is 18.4 Å². The number of nitrogens with two attached hydrogens (primary N) is 1. The molecule has 3 heterocycles. The van der Waals surface area contributed by atoms with Crippen LogP contribution in [0.1, 0.15) is 41.4 Å². The van der Waals surface area contributed by atoms with Crippen LogP contribution in [-0.2, 0) is 4.79 Å². The van der Waals surface area contributed by atoms with Crippen LogP contribution in [0.25, 0.3) is 0 Å². The molecule has 10 heteroatoms. The van der Waals surface area contributed by atoms with Crippen LogP contribution in [0.5, 0.6) is 0 Å². The zero-order valence-electron chi connectivity index (χ0n) is 16.0. The summed E-state index contributed by atoms with van der Waals surface area (Å²) < 4.78 is 27.8. The Bertz CT molecular complexity index is 1010. The van der Waals surface area contributed by atoms with Crippen LogP contribution in [0, 0.1) is 17.6 Å². The fourth-order valence-corrected chi connectivity index (χ4v) is 3.81. The monoisotopic (exact) mass is 414 g/mol. The van der Waals surface area contributed by atoms with Gasteiger partial charge in [0.05, 0.1) is 6.04 Å². The number of hydrogen-bond acceptors (Lipinski definition) is 6. The first-order chi connectivity index (χ1) is 14.4. The molecule has 0 aliphatic carbocycles. The molecule has 0 saturated carbocycles. The lowest BCUT2D eigenvalue weighted by Crippen LogP contribution is -2.42. The summed E-state index contributed by atoms with van der Waals surface area (Å²) in [5, 5.41) is 5.39. The van der Waals surface area contributed by atoms with Gasteiger partial charge in [0.2, 0.25) is 11.9 Å². The molecular weight excluding hydrogens is 394 g/mol. The summed E-state index contributed by atoms with van der Waals surface area (Å²) in [7, 11) is 0. The highest BCUT2D eigenvalue weighted by molar-refractivity contribution is 5.90. The number of hydrazone groups is 1. The summed E-state index contributed by atoms with van der Waals surface area (Å²) in [6.07, 6.45) is 4.39. The minimum absolute atomic E-state index is 0.120. The Balaban J connectivity index is 1.44. The first kappa shape index (κ1) is 19.9. The molecule has 2 aliphatic heterocycles. The maximum absolute atomic E-state index is 14.2. The summed E-state index contributed by atoms with van der Waals surface area (Å²) >= 11 is 0. The number of hydrogen-bond donors (Lipinski definition) is 1. The zero-order chi connectivity index (χ0) is 21.3. The van der Waals surface area contributed by atoms with Gasteiger partial charge >= 0.3 is 0 Å². The quantitative estimate of drug-likeness (QED) is 0.824. The average Bonchev–Trinajstić information content (AvgIpc) is 3.25. The van der Waals surface area contributed by atoms with Crippen LogP contribution in [0.3, 0.4) is 0 Å².